The molecule has 0 aromatic heterocycles. The SMILES string of the molecule is CC(C)(C)OC(O)N1C2CCC1CC(OCc1ccccc1N1CCOCC1)C2. The van der Waals surface area contributed by atoms with Gasteiger partial charge in [0.25, 0.3) is 0 Å². The molecule has 0 amide bonds. The molecule has 1 aromatic carbocycles. The molecule has 1 aromatic rings. The maximum atomic E-state index is 10.6. The molecule has 29 heavy (non-hydrogen) atoms. The van der Waals surface area contributed by atoms with E-state index in [-0.39, 0.29) is 11.7 Å². The van der Waals surface area contributed by atoms with Crippen molar-refractivity contribution in [3.05, 3.63) is 29.8 Å². The van der Waals surface area contributed by atoms with Gasteiger partial charge >= 0.3 is 0 Å². The lowest BCUT2D eigenvalue weighted by Gasteiger charge is -2.42. The van der Waals surface area contributed by atoms with Gasteiger partial charge in [0.15, 0.2) is 0 Å². The van der Waals surface area contributed by atoms with Crippen molar-refractivity contribution < 1.29 is 19.3 Å². The molecule has 3 aliphatic rings. The Bertz CT molecular complexity index is 657. The molecule has 3 unspecified atom stereocenters. The van der Waals surface area contributed by atoms with Gasteiger partial charge in [-0.25, -0.2) is 4.90 Å². The monoisotopic (exact) mass is 404 g/mol. The van der Waals surface area contributed by atoms with E-state index in [1.165, 1.54) is 11.3 Å². The highest BCUT2D eigenvalue weighted by atomic mass is 16.6. The standard InChI is InChI=1S/C23H36N2O4/c1-23(2,3)29-22(26)25-18-8-9-19(25)15-20(14-18)28-16-17-6-4-5-7-21(17)24-10-12-27-13-11-24/h4-7,18-20,22,26H,8-16H2,1-3H3. The third-order valence-corrected chi connectivity index (χ3v) is 6.28. The first kappa shape index (κ1) is 21.1. The van der Waals surface area contributed by atoms with E-state index in [0.29, 0.717) is 18.7 Å². The zero-order chi connectivity index (χ0) is 20.4. The van der Waals surface area contributed by atoms with Crippen LogP contribution in [0.15, 0.2) is 24.3 Å². The number of rotatable bonds is 6. The summed E-state index contributed by atoms with van der Waals surface area (Å²) >= 11 is 0. The first-order valence-corrected chi connectivity index (χ1v) is 11.1. The second-order valence-corrected chi connectivity index (χ2v) is 9.52. The van der Waals surface area contributed by atoms with Gasteiger partial charge in [0.1, 0.15) is 0 Å². The number of benzene rings is 1. The fraction of sp³-hybridized carbons (Fsp3) is 0.739. The normalized spacial score (nSPS) is 29.2. The third-order valence-electron chi connectivity index (χ3n) is 6.28. The van der Waals surface area contributed by atoms with Crippen LogP contribution in [0.5, 0.6) is 0 Å². The largest absolute Gasteiger partial charge is 0.378 e. The maximum Gasteiger partial charge on any atom is 0.217 e. The van der Waals surface area contributed by atoms with Crippen LogP contribution in [-0.4, -0.2) is 66.5 Å². The minimum Gasteiger partial charge on any atom is -0.378 e. The van der Waals surface area contributed by atoms with E-state index in [0.717, 1.165) is 52.0 Å². The van der Waals surface area contributed by atoms with Crippen LogP contribution in [0, 0.1) is 0 Å². The molecule has 0 aliphatic carbocycles. The number of hydrogen-bond donors (Lipinski definition) is 1. The number of aliphatic hydroxyl groups is 1. The molecule has 162 valence electrons. The Morgan fingerprint density at radius 3 is 2.41 bits per heavy atom. The van der Waals surface area contributed by atoms with Gasteiger partial charge in [-0.05, 0) is 52.5 Å². The summed E-state index contributed by atoms with van der Waals surface area (Å²) < 4.78 is 17.7. The van der Waals surface area contributed by atoms with E-state index in [1.807, 2.05) is 20.8 Å². The van der Waals surface area contributed by atoms with E-state index < -0.39 is 6.41 Å². The molecular weight excluding hydrogens is 368 g/mol. The molecule has 3 atom stereocenters. The lowest BCUT2D eigenvalue weighted by molar-refractivity contribution is -0.260. The molecule has 3 saturated heterocycles. The second kappa shape index (κ2) is 8.90. The molecule has 1 N–H and O–H groups in total. The zero-order valence-corrected chi connectivity index (χ0v) is 18.0. The minimum absolute atomic E-state index is 0.239. The van der Waals surface area contributed by atoms with Crippen LogP contribution in [0.3, 0.4) is 0 Å². The van der Waals surface area contributed by atoms with Crippen molar-refractivity contribution in [1.82, 2.24) is 4.90 Å². The smallest absolute Gasteiger partial charge is 0.217 e. The van der Waals surface area contributed by atoms with Crippen molar-refractivity contribution >= 4 is 5.69 Å². The summed E-state index contributed by atoms with van der Waals surface area (Å²) in [6.07, 6.45) is 3.55. The average Bonchev–Trinajstić information content (AvgIpc) is 2.97. The summed E-state index contributed by atoms with van der Waals surface area (Å²) in [6, 6.07) is 9.24. The number of fused-ring (bicyclic) bond motifs is 2. The number of para-hydroxylation sites is 1. The van der Waals surface area contributed by atoms with Gasteiger partial charge in [0, 0.05) is 36.4 Å². The molecule has 6 nitrogen and oxygen atoms in total. The van der Waals surface area contributed by atoms with E-state index in [2.05, 4.69) is 34.1 Å². The summed E-state index contributed by atoms with van der Waals surface area (Å²) in [5, 5.41) is 10.6. The third kappa shape index (κ3) is 5.12. The van der Waals surface area contributed by atoms with Crippen molar-refractivity contribution in [1.29, 1.82) is 0 Å². The quantitative estimate of drug-likeness (QED) is 0.736. The number of piperidine rings is 1. The van der Waals surface area contributed by atoms with Crippen molar-refractivity contribution in [3.63, 3.8) is 0 Å². The highest BCUT2D eigenvalue weighted by Gasteiger charge is 2.45. The van der Waals surface area contributed by atoms with Crippen LogP contribution in [-0.2, 0) is 20.8 Å². The van der Waals surface area contributed by atoms with Crippen LogP contribution in [0.25, 0.3) is 0 Å². The van der Waals surface area contributed by atoms with Gasteiger partial charge in [-0.3, -0.25) is 0 Å². The molecule has 0 spiro atoms. The first-order chi connectivity index (χ1) is 13.9. The fourth-order valence-corrected chi connectivity index (χ4v) is 4.99. The van der Waals surface area contributed by atoms with Crippen LogP contribution in [0.4, 0.5) is 5.69 Å². The van der Waals surface area contributed by atoms with Crippen molar-refractivity contribution in [3.8, 4) is 0 Å². The summed E-state index contributed by atoms with van der Waals surface area (Å²) in [6.45, 7) is 10.0. The molecule has 6 heteroatoms. The van der Waals surface area contributed by atoms with Crippen LogP contribution < -0.4 is 4.90 Å². The number of anilines is 1. The minimum atomic E-state index is -0.824. The number of aliphatic hydroxyl groups excluding tert-OH is 1. The topological polar surface area (TPSA) is 54.4 Å². The van der Waals surface area contributed by atoms with E-state index in [1.54, 1.807) is 0 Å². The Morgan fingerprint density at radius 2 is 1.76 bits per heavy atom. The number of nitrogens with zero attached hydrogens (tertiary/aromatic N) is 2. The Hall–Kier alpha value is -1.18. The number of hydrogen-bond acceptors (Lipinski definition) is 6. The molecule has 4 rings (SSSR count). The molecule has 2 bridgehead atoms. The van der Waals surface area contributed by atoms with Gasteiger partial charge < -0.3 is 24.2 Å². The highest BCUT2D eigenvalue weighted by Crippen LogP contribution is 2.39. The summed E-state index contributed by atoms with van der Waals surface area (Å²) in [5.74, 6) is 0. The highest BCUT2D eigenvalue weighted by molar-refractivity contribution is 5.53. The summed E-state index contributed by atoms with van der Waals surface area (Å²) in [5.41, 5.74) is 2.17. The van der Waals surface area contributed by atoms with E-state index >= 15 is 0 Å². The van der Waals surface area contributed by atoms with Gasteiger partial charge in [-0.2, -0.15) is 0 Å². The number of ether oxygens (including phenoxy) is 3. The number of morpholine rings is 1. The Kier molecular flexibility index (Phi) is 6.47. The Balaban J connectivity index is 1.35. The Labute approximate surface area is 174 Å². The van der Waals surface area contributed by atoms with Crippen LogP contribution in [0.1, 0.15) is 52.0 Å². The molecule has 3 fully saturated rings. The van der Waals surface area contributed by atoms with Crippen molar-refractivity contribution in [2.24, 2.45) is 0 Å². The lowest BCUT2D eigenvalue weighted by atomic mass is 10.00. The summed E-state index contributed by atoms with van der Waals surface area (Å²) in [7, 11) is 0. The van der Waals surface area contributed by atoms with Crippen molar-refractivity contribution in [2.45, 2.75) is 83.3 Å². The zero-order valence-electron chi connectivity index (χ0n) is 18.0. The second-order valence-electron chi connectivity index (χ2n) is 9.52. The molecule has 3 heterocycles. The van der Waals surface area contributed by atoms with Gasteiger partial charge in [-0.15, -0.1) is 0 Å². The summed E-state index contributed by atoms with van der Waals surface area (Å²) in [4.78, 5) is 4.57. The first-order valence-electron chi connectivity index (χ1n) is 11.1. The van der Waals surface area contributed by atoms with Crippen LogP contribution in [0.2, 0.25) is 0 Å². The van der Waals surface area contributed by atoms with E-state index in [4.69, 9.17) is 14.2 Å². The lowest BCUT2D eigenvalue weighted by Crippen LogP contribution is -2.53. The molecule has 0 radical (unpaired) electrons. The fourth-order valence-electron chi connectivity index (χ4n) is 4.99. The van der Waals surface area contributed by atoms with Crippen LogP contribution >= 0.6 is 0 Å². The van der Waals surface area contributed by atoms with E-state index in [9.17, 15) is 5.11 Å². The molecular formula is C23H36N2O4. The van der Waals surface area contributed by atoms with Gasteiger partial charge in [-0.1, -0.05) is 18.2 Å². The van der Waals surface area contributed by atoms with Crippen molar-refractivity contribution in [2.75, 3.05) is 31.2 Å². The average molecular weight is 405 g/mol. The predicted molar refractivity (Wildman–Crippen MR) is 113 cm³/mol. The van der Waals surface area contributed by atoms with Gasteiger partial charge in [0.2, 0.25) is 6.41 Å². The van der Waals surface area contributed by atoms with Gasteiger partial charge in [0.05, 0.1) is 31.5 Å². The molecule has 3 aliphatic heterocycles. The molecule has 0 saturated carbocycles. The maximum absolute atomic E-state index is 10.6. The predicted octanol–water partition coefficient (Wildman–Crippen LogP) is 3.13. The Morgan fingerprint density at radius 1 is 1.10 bits per heavy atom.